The normalized spacial score (nSPS) is 11.8. The van der Waals surface area contributed by atoms with Crippen LogP contribution in [-0.2, 0) is 15.8 Å². The molecule has 0 aromatic heterocycles. The van der Waals surface area contributed by atoms with Crippen molar-refractivity contribution in [3.63, 3.8) is 0 Å². The Morgan fingerprint density at radius 2 is 2.00 bits per heavy atom. The number of nitrogens with one attached hydrogen (secondary N) is 1. The number of halogens is 3. The van der Waals surface area contributed by atoms with Gasteiger partial charge in [0.25, 0.3) is 0 Å². The van der Waals surface area contributed by atoms with E-state index in [1.54, 1.807) is 6.92 Å². The summed E-state index contributed by atoms with van der Waals surface area (Å²) in [5.41, 5.74) is -0.116. The van der Waals surface area contributed by atoms with Gasteiger partial charge >= 0.3 is 0 Å². The zero-order valence-corrected chi connectivity index (χ0v) is 10.8. The summed E-state index contributed by atoms with van der Waals surface area (Å²) < 4.78 is 38.5. The fraction of sp³-hybridized carbons (Fsp3) is 0.333. The van der Waals surface area contributed by atoms with Crippen LogP contribution in [0.15, 0.2) is 12.1 Å². The molecule has 0 unspecified atom stereocenters. The Morgan fingerprint density at radius 1 is 1.38 bits per heavy atom. The molecule has 16 heavy (non-hydrogen) atoms. The Balaban J connectivity index is 3.11. The standard InChI is InChI=1S/C9H10Cl2FNO2S/c1-2-13-16(14,15)5-6-8(12)4-3-7(10)9(6)11/h3-4,13H,2,5H2,1H3. The summed E-state index contributed by atoms with van der Waals surface area (Å²) in [5, 5.41) is 0.0629. The first-order valence-corrected chi connectivity index (χ1v) is 6.88. The lowest BCUT2D eigenvalue weighted by Crippen LogP contribution is -2.25. The highest BCUT2D eigenvalue weighted by Gasteiger charge is 2.18. The largest absolute Gasteiger partial charge is 0.215 e. The van der Waals surface area contributed by atoms with E-state index in [0.29, 0.717) is 0 Å². The van der Waals surface area contributed by atoms with Crippen LogP contribution in [0.1, 0.15) is 12.5 Å². The lowest BCUT2D eigenvalue weighted by molar-refractivity contribution is 0.576. The average Bonchev–Trinajstić information content (AvgIpc) is 2.19. The van der Waals surface area contributed by atoms with Gasteiger partial charge in [0.15, 0.2) is 0 Å². The monoisotopic (exact) mass is 285 g/mol. The van der Waals surface area contributed by atoms with Crippen LogP contribution < -0.4 is 4.72 Å². The first kappa shape index (κ1) is 13.7. The van der Waals surface area contributed by atoms with E-state index in [1.165, 1.54) is 6.07 Å². The summed E-state index contributed by atoms with van der Waals surface area (Å²) in [7, 11) is -3.58. The van der Waals surface area contributed by atoms with Gasteiger partial charge in [0.2, 0.25) is 10.0 Å². The van der Waals surface area contributed by atoms with E-state index >= 15 is 0 Å². The summed E-state index contributed by atoms with van der Waals surface area (Å²) in [6.07, 6.45) is 0. The molecule has 90 valence electrons. The van der Waals surface area contributed by atoms with E-state index in [0.717, 1.165) is 6.07 Å². The second kappa shape index (κ2) is 5.31. The predicted molar refractivity (Wildman–Crippen MR) is 62.7 cm³/mol. The van der Waals surface area contributed by atoms with Gasteiger partial charge in [0.1, 0.15) is 5.82 Å². The minimum atomic E-state index is -3.58. The number of sulfonamides is 1. The summed E-state index contributed by atoms with van der Waals surface area (Å²) >= 11 is 11.4. The third-order valence-electron chi connectivity index (χ3n) is 1.84. The molecule has 0 bridgehead atoms. The van der Waals surface area contributed by atoms with Crippen LogP contribution in [0.25, 0.3) is 0 Å². The molecule has 1 aromatic rings. The Labute approximate surface area is 104 Å². The zero-order valence-electron chi connectivity index (χ0n) is 8.43. The molecule has 3 nitrogen and oxygen atoms in total. The van der Waals surface area contributed by atoms with Crippen molar-refractivity contribution in [1.82, 2.24) is 4.72 Å². The first-order valence-electron chi connectivity index (χ1n) is 4.47. The molecule has 0 radical (unpaired) electrons. The van der Waals surface area contributed by atoms with Crippen LogP contribution in [0, 0.1) is 5.82 Å². The molecule has 1 rings (SSSR count). The van der Waals surface area contributed by atoms with E-state index in [4.69, 9.17) is 23.2 Å². The lowest BCUT2D eigenvalue weighted by atomic mass is 10.2. The minimum Gasteiger partial charge on any atom is -0.215 e. The third-order valence-corrected chi connectivity index (χ3v) is 4.08. The summed E-state index contributed by atoms with van der Waals surface area (Å²) in [6, 6.07) is 2.37. The maximum absolute atomic E-state index is 13.4. The zero-order chi connectivity index (χ0) is 12.3. The van der Waals surface area contributed by atoms with E-state index in [2.05, 4.69) is 4.72 Å². The fourth-order valence-corrected chi connectivity index (χ4v) is 2.84. The van der Waals surface area contributed by atoms with Gasteiger partial charge in [-0.15, -0.1) is 0 Å². The Hall–Kier alpha value is -0.360. The van der Waals surface area contributed by atoms with E-state index < -0.39 is 21.6 Å². The molecule has 0 spiro atoms. The predicted octanol–water partition coefficient (Wildman–Crippen LogP) is 2.57. The van der Waals surface area contributed by atoms with Crippen molar-refractivity contribution in [1.29, 1.82) is 0 Å². The van der Waals surface area contributed by atoms with Crippen molar-refractivity contribution in [3.05, 3.63) is 33.6 Å². The molecule has 0 aliphatic rings. The van der Waals surface area contributed by atoms with Crippen LogP contribution in [0.4, 0.5) is 4.39 Å². The Kier molecular flexibility index (Phi) is 4.55. The highest BCUT2D eigenvalue weighted by atomic mass is 35.5. The summed E-state index contributed by atoms with van der Waals surface area (Å²) in [6.45, 7) is 1.87. The van der Waals surface area contributed by atoms with Crippen LogP contribution >= 0.6 is 23.2 Å². The highest BCUT2D eigenvalue weighted by molar-refractivity contribution is 7.88. The quantitative estimate of drug-likeness (QED) is 0.865. The minimum absolute atomic E-state index is 0.0665. The smallest absolute Gasteiger partial charge is 0.215 e. The molecule has 1 N–H and O–H groups in total. The molecule has 0 aliphatic heterocycles. The van der Waals surface area contributed by atoms with Gasteiger partial charge in [-0.25, -0.2) is 17.5 Å². The first-order chi connectivity index (χ1) is 7.37. The topological polar surface area (TPSA) is 46.2 Å². The molecular weight excluding hydrogens is 276 g/mol. The molecule has 0 aliphatic carbocycles. The summed E-state index contributed by atoms with van der Waals surface area (Å²) in [4.78, 5) is 0. The maximum atomic E-state index is 13.4. The van der Waals surface area contributed by atoms with Gasteiger partial charge < -0.3 is 0 Å². The fourth-order valence-electron chi connectivity index (χ4n) is 1.16. The van der Waals surface area contributed by atoms with Crippen molar-refractivity contribution in [2.75, 3.05) is 6.54 Å². The number of rotatable bonds is 4. The molecule has 0 heterocycles. The van der Waals surface area contributed by atoms with Crippen molar-refractivity contribution in [2.24, 2.45) is 0 Å². The Morgan fingerprint density at radius 3 is 2.56 bits per heavy atom. The molecule has 0 saturated heterocycles. The lowest BCUT2D eigenvalue weighted by Gasteiger charge is -2.08. The van der Waals surface area contributed by atoms with E-state index in [1.807, 2.05) is 0 Å². The van der Waals surface area contributed by atoms with Crippen LogP contribution in [0.3, 0.4) is 0 Å². The maximum Gasteiger partial charge on any atom is 0.215 e. The molecule has 0 amide bonds. The highest BCUT2D eigenvalue weighted by Crippen LogP contribution is 2.29. The second-order valence-corrected chi connectivity index (χ2v) is 5.67. The molecular formula is C9H10Cl2FNO2S. The number of benzene rings is 1. The summed E-state index contributed by atoms with van der Waals surface area (Å²) in [5.74, 6) is -1.21. The van der Waals surface area contributed by atoms with Crippen LogP contribution in [0.5, 0.6) is 0 Å². The van der Waals surface area contributed by atoms with Gasteiger partial charge in [0, 0.05) is 12.1 Å². The van der Waals surface area contributed by atoms with Gasteiger partial charge in [-0.05, 0) is 12.1 Å². The van der Waals surface area contributed by atoms with Crippen molar-refractivity contribution >= 4 is 33.2 Å². The van der Waals surface area contributed by atoms with Crippen molar-refractivity contribution < 1.29 is 12.8 Å². The van der Waals surface area contributed by atoms with Crippen LogP contribution in [-0.4, -0.2) is 15.0 Å². The van der Waals surface area contributed by atoms with Crippen molar-refractivity contribution in [2.45, 2.75) is 12.7 Å². The van der Waals surface area contributed by atoms with Gasteiger partial charge in [-0.3, -0.25) is 0 Å². The number of hydrogen-bond donors (Lipinski definition) is 1. The molecule has 7 heteroatoms. The van der Waals surface area contributed by atoms with E-state index in [9.17, 15) is 12.8 Å². The average molecular weight is 286 g/mol. The second-order valence-electron chi connectivity index (χ2n) is 3.08. The van der Waals surface area contributed by atoms with Crippen LogP contribution in [0.2, 0.25) is 10.0 Å². The Bertz CT molecular complexity index is 491. The van der Waals surface area contributed by atoms with Crippen molar-refractivity contribution in [3.8, 4) is 0 Å². The van der Waals surface area contributed by atoms with Gasteiger partial charge in [-0.1, -0.05) is 30.1 Å². The third kappa shape index (κ3) is 3.31. The SMILES string of the molecule is CCNS(=O)(=O)Cc1c(F)ccc(Cl)c1Cl. The molecule has 1 aromatic carbocycles. The van der Waals surface area contributed by atoms with E-state index in [-0.39, 0.29) is 22.2 Å². The van der Waals surface area contributed by atoms with Gasteiger partial charge in [0.05, 0.1) is 15.8 Å². The number of hydrogen-bond acceptors (Lipinski definition) is 2. The molecule has 0 fully saturated rings. The molecule has 0 saturated carbocycles. The molecule has 0 atom stereocenters. The van der Waals surface area contributed by atoms with Gasteiger partial charge in [-0.2, -0.15) is 0 Å².